The fourth-order valence-corrected chi connectivity index (χ4v) is 5.89. The van der Waals surface area contributed by atoms with Crippen LogP contribution in [0.5, 0.6) is 5.75 Å². The minimum Gasteiger partial charge on any atom is -0.497 e. The molecule has 3 aromatic rings. The molecule has 2 amide bonds. The van der Waals surface area contributed by atoms with Gasteiger partial charge in [-0.15, -0.1) is 0 Å². The van der Waals surface area contributed by atoms with Gasteiger partial charge in [-0.2, -0.15) is 0 Å². The van der Waals surface area contributed by atoms with Gasteiger partial charge < -0.3 is 15.0 Å². The van der Waals surface area contributed by atoms with E-state index in [1.807, 2.05) is 20.8 Å². The van der Waals surface area contributed by atoms with Crippen LogP contribution in [0, 0.1) is 12.8 Å². The number of nitrogens with one attached hydrogen (secondary N) is 1. The molecule has 1 N–H and O–H groups in total. The van der Waals surface area contributed by atoms with Crippen molar-refractivity contribution in [3.8, 4) is 5.75 Å². The highest BCUT2D eigenvalue weighted by Gasteiger charge is 2.33. The van der Waals surface area contributed by atoms with Gasteiger partial charge in [0.05, 0.1) is 22.7 Å². The summed E-state index contributed by atoms with van der Waals surface area (Å²) in [6.07, 6.45) is 0. The third-order valence-corrected chi connectivity index (χ3v) is 8.73. The maximum Gasteiger partial charge on any atom is 0.264 e. The van der Waals surface area contributed by atoms with Crippen LogP contribution in [-0.2, 0) is 26.2 Å². The Morgan fingerprint density at radius 3 is 2.29 bits per heavy atom. The van der Waals surface area contributed by atoms with E-state index in [0.717, 1.165) is 9.87 Å². The van der Waals surface area contributed by atoms with Crippen molar-refractivity contribution in [2.45, 2.75) is 45.2 Å². The van der Waals surface area contributed by atoms with Gasteiger partial charge in [0, 0.05) is 18.1 Å². The molecule has 0 heterocycles. The number of ether oxygens (including phenoxy) is 1. The first kappa shape index (κ1) is 32.2. The van der Waals surface area contributed by atoms with E-state index in [1.165, 1.54) is 42.3 Å². The highest BCUT2D eigenvalue weighted by molar-refractivity contribution is 7.92. The van der Waals surface area contributed by atoms with Crippen molar-refractivity contribution in [2.24, 2.45) is 5.92 Å². The molecule has 0 aliphatic carbocycles. The summed E-state index contributed by atoms with van der Waals surface area (Å²) in [6, 6.07) is 16.9. The van der Waals surface area contributed by atoms with Crippen LogP contribution < -0.4 is 14.4 Å². The van der Waals surface area contributed by atoms with Gasteiger partial charge in [0.1, 0.15) is 18.3 Å². The molecule has 0 spiro atoms. The van der Waals surface area contributed by atoms with Crippen LogP contribution in [0.3, 0.4) is 0 Å². The zero-order valence-corrected chi connectivity index (χ0v) is 26.1. The smallest absolute Gasteiger partial charge is 0.264 e. The lowest BCUT2D eigenvalue weighted by Gasteiger charge is -2.32. The molecule has 1 atom stereocenters. The van der Waals surface area contributed by atoms with Crippen molar-refractivity contribution in [2.75, 3.05) is 24.5 Å². The van der Waals surface area contributed by atoms with Crippen LogP contribution in [-0.4, -0.2) is 51.4 Å². The van der Waals surface area contributed by atoms with Gasteiger partial charge >= 0.3 is 0 Å². The Hall–Kier alpha value is -3.27. The highest BCUT2D eigenvalue weighted by atomic mass is 35.5. The van der Waals surface area contributed by atoms with Crippen LogP contribution in [0.25, 0.3) is 0 Å². The van der Waals surface area contributed by atoms with Crippen molar-refractivity contribution < 1.29 is 22.7 Å². The standard InChI is InChI=1S/C30H35Cl2N3O5S/c1-20(2)17-33-30(37)22(4)34(18-23-7-6-8-25(15-23)40-5)29(36)19-35(28-16-24(31)11-14-27(28)32)41(38,39)26-12-9-21(3)10-13-26/h6-16,20,22H,17-19H2,1-5H3,(H,33,37)/t22-/m0/s1. The number of carbonyl (C=O) groups is 2. The SMILES string of the molecule is COc1cccc(CN(C(=O)CN(c2cc(Cl)ccc2Cl)S(=O)(=O)c2ccc(C)cc2)[C@@H](C)C(=O)NCC(C)C)c1. The Balaban J connectivity index is 2.06. The molecule has 0 aliphatic heterocycles. The first-order valence-corrected chi connectivity index (χ1v) is 15.3. The minimum atomic E-state index is -4.27. The summed E-state index contributed by atoms with van der Waals surface area (Å²) < 4.78 is 34.1. The Morgan fingerprint density at radius 1 is 0.976 bits per heavy atom. The van der Waals surface area contributed by atoms with Crippen molar-refractivity contribution in [3.63, 3.8) is 0 Å². The van der Waals surface area contributed by atoms with E-state index in [-0.39, 0.29) is 39.0 Å². The monoisotopic (exact) mass is 619 g/mol. The Kier molecular flexibility index (Phi) is 11.1. The summed E-state index contributed by atoms with van der Waals surface area (Å²) >= 11 is 12.7. The van der Waals surface area contributed by atoms with E-state index >= 15 is 0 Å². The van der Waals surface area contributed by atoms with Gasteiger partial charge in [0.25, 0.3) is 10.0 Å². The van der Waals surface area contributed by atoms with Crippen LogP contribution in [0.1, 0.15) is 31.9 Å². The molecule has 3 rings (SSSR count). The first-order valence-electron chi connectivity index (χ1n) is 13.1. The molecule has 0 aliphatic rings. The van der Waals surface area contributed by atoms with Crippen LogP contribution in [0.4, 0.5) is 5.69 Å². The first-order chi connectivity index (χ1) is 19.3. The van der Waals surface area contributed by atoms with Gasteiger partial charge in [-0.25, -0.2) is 8.42 Å². The van der Waals surface area contributed by atoms with Crippen LogP contribution in [0.2, 0.25) is 10.0 Å². The molecule has 0 radical (unpaired) electrons. The number of methoxy groups -OCH3 is 1. The van der Waals surface area contributed by atoms with Gasteiger partial charge in [0.15, 0.2) is 0 Å². The van der Waals surface area contributed by atoms with E-state index < -0.39 is 28.5 Å². The van der Waals surface area contributed by atoms with Crippen molar-refractivity contribution in [3.05, 3.63) is 87.9 Å². The van der Waals surface area contributed by atoms with Gasteiger partial charge in [0.2, 0.25) is 11.8 Å². The fourth-order valence-electron chi connectivity index (χ4n) is 4.03. The Morgan fingerprint density at radius 2 is 1.66 bits per heavy atom. The molecular weight excluding hydrogens is 585 g/mol. The summed E-state index contributed by atoms with van der Waals surface area (Å²) in [5.74, 6) is -0.176. The summed E-state index contributed by atoms with van der Waals surface area (Å²) in [5, 5.41) is 3.20. The molecule has 8 nitrogen and oxygen atoms in total. The van der Waals surface area contributed by atoms with Crippen LogP contribution in [0.15, 0.2) is 71.6 Å². The summed E-state index contributed by atoms with van der Waals surface area (Å²) in [6.45, 7) is 7.22. The number of sulfonamides is 1. The van der Waals surface area contributed by atoms with Gasteiger partial charge in [-0.3, -0.25) is 13.9 Å². The maximum atomic E-state index is 14.0. The lowest BCUT2D eigenvalue weighted by Crippen LogP contribution is -2.51. The summed E-state index contributed by atoms with van der Waals surface area (Å²) in [5.41, 5.74) is 1.62. The van der Waals surface area contributed by atoms with E-state index in [4.69, 9.17) is 27.9 Å². The van der Waals surface area contributed by atoms with E-state index in [0.29, 0.717) is 17.9 Å². The number of nitrogens with zero attached hydrogens (tertiary/aromatic N) is 2. The van der Waals surface area contributed by atoms with E-state index in [2.05, 4.69) is 5.32 Å². The second-order valence-corrected chi connectivity index (χ2v) is 12.8. The highest BCUT2D eigenvalue weighted by Crippen LogP contribution is 2.33. The molecule has 0 aromatic heterocycles. The minimum absolute atomic E-state index is 0.0194. The lowest BCUT2D eigenvalue weighted by molar-refractivity contribution is -0.139. The third-order valence-electron chi connectivity index (χ3n) is 6.40. The molecule has 3 aromatic carbocycles. The molecule has 41 heavy (non-hydrogen) atoms. The summed E-state index contributed by atoms with van der Waals surface area (Å²) in [4.78, 5) is 28.5. The quantitative estimate of drug-likeness (QED) is 0.281. The molecular formula is C30H35Cl2N3O5S. The number of hydrogen-bond acceptors (Lipinski definition) is 5. The lowest BCUT2D eigenvalue weighted by atomic mass is 10.1. The number of carbonyl (C=O) groups excluding carboxylic acids is 2. The molecule has 0 saturated carbocycles. The third kappa shape index (κ3) is 8.38. The van der Waals surface area contributed by atoms with E-state index in [1.54, 1.807) is 43.3 Å². The van der Waals surface area contributed by atoms with Crippen molar-refractivity contribution in [1.82, 2.24) is 10.2 Å². The predicted molar refractivity (Wildman–Crippen MR) is 163 cm³/mol. The van der Waals surface area contributed by atoms with E-state index in [9.17, 15) is 18.0 Å². The van der Waals surface area contributed by atoms with Crippen molar-refractivity contribution in [1.29, 1.82) is 0 Å². The molecule has 0 bridgehead atoms. The number of benzene rings is 3. The average Bonchev–Trinajstić information content (AvgIpc) is 2.94. The maximum absolute atomic E-state index is 14.0. The normalized spacial score (nSPS) is 12.1. The topological polar surface area (TPSA) is 96.0 Å². The Labute approximate surface area is 252 Å². The van der Waals surface area contributed by atoms with Crippen LogP contribution >= 0.6 is 23.2 Å². The molecule has 220 valence electrons. The number of hydrogen-bond donors (Lipinski definition) is 1. The molecule has 0 saturated heterocycles. The fraction of sp³-hybridized carbons (Fsp3) is 0.333. The average molecular weight is 621 g/mol. The number of amides is 2. The largest absolute Gasteiger partial charge is 0.497 e. The van der Waals surface area contributed by atoms with Gasteiger partial charge in [-0.05, 0) is 67.8 Å². The number of rotatable bonds is 12. The zero-order valence-electron chi connectivity index (χ0n) is 23.7. The number of aryl methyl sites for hydroxylation is 1. The molecule has 11 heteroatoms. The molecule has 0 fully saturated rings. The molecule has 0 unspecified atom stereocenters. The van der Waals surface area contributed by atoms with Crippen molar-refractivity contribution >= 4 is 50.7 Å². The number of anilines is 1. The number of halogens is 2. The summed E-state index contributed by atoms with van der Waals surface area (Å²) in [7, 11) is -2.73. The Bertz CT molecular complexity index is 1480. The second kappa shape index (κ2) is 14.1. The van der Waals surface area contributed by atoms with Gasteiger partial charge in [-0.1, -0.05) is 66.9 Å². The predicted octanol–water partition coefficient (Wildman–Crippen LogP) is 5.70. The second-order valence-electron chi connectivity index (χ2n) is 10.1. The zero-order chi connectivity index (χ0) is 30.3.